The molecule has 196 valence electrons. The summed E-state index contributed by atoms with van der Waals surface area (Å²) >= 11 is 0. The van der Waals surface area contributed by atoms with E-state index >= 15 is 0 Å². The van der Waals surface area contributed by atoms with E-state index in [0.29, 0.717) is 6.61 Å². The van der Waals surface area contributed by atoms with Gasteiger partial charge >= 0.3 is 0 Å². The van der Waals surface area contributed by atoms with Crippen LogP contribution in [0.1, 0.15) is 39.3 Å². The highest BCUT2D eigenvalue weighted by molar-refractivity contribution is 5.75. The summed E-state index contributed by atoms with van der Waals surface area (Å²) in [7, 11) is 1.67. The molecule has 0 unspecified atom stereocenters. The van der Waals surface area contributed by atoms with Crippen LogP contribution in [-0.4, -0.2) is 21.9 Å². The second-order valence-electron chi connectivity index (χ2n) is 9.49. The molecule has 5 nitrogen and oxygen atoms in total. The van der Waals surface area contributed by atoms with Crippen molar-refractivity contribution in [2.45, 2.75) is 13.0 Å². The number of allylic oxidation sites excluding steroid dienone is 1. The van der Waals surface area contributed by atoms with Crippen LogP contribution in [0, 0.1) is 0 Å². The van der Waals surface area contributed by atoms with Gasteiger partial charge in [-0.05, 0) is 83.8 Å². The van der Waals surface area contributed by atoms with E-state index in [-0.39, 0.29) is 0 Å². The van der Waals surface area contributed by atoms with Gasteiger partial charge in [0.2, 0.25) is 0 Å². The van der Waals surface area contributed by atoms with E-state index in [9.17, 15) is 0 Å². The summed E-state index contributed by atoms with van der Waals surface area (Å²) in [6.45, 7) is 0.397. The lowest BCUT2D eigenvalue weighted by atomic mass is 10.1. The minimum atomic E-state index is 0.397. The first-order chi connectivity index (χ1) is 19.7. The number of fused-ring (bicyclic) bond motifs is 1. The van der Waals surface area contributed by atoms with E-state index < -0.39 is 0 Å². The van der Waals surface area contributed by atoms with Crippen molar-refractivity contribution in [1.29, 1.82) is 0 Å². The quantitative estimate of drug-likeness (QED) is 0.198. The molecule has 0 fully saturated rings. The molecule has 6 rings (SSSR count). The Kier molecular flexibility index (Phi) is 7.36. The molecule has 0 saturated heterocycles. The number of hydrogen-bond donors (Lipinski definition) is 0. The van der Waals surface area contributed by atoms with Gasteiger partial charge < -0.3 is 9.47 Å². The zero-order chi connectivity index (χ0) is 27.1. The van der Waals surface area contributed by atoms with Crippen molar-refractivity contribution in [3.05, 3.63) is 143 Å². The van der Waals surface area contributed by atoms with Crippen LogP contribution in [0.15, 0.2) is 103 Å². The summed E-state index contributed by atoms with van der Waals surface area (Å²) in [6.07, 6.45) is 15.4. The molecule has 40 heavy (non-hydrogen) atoms. The van der Waals surface area contributed by atoms with E-state index in [4.69, 9.17) is 14.6 Å². The molecule has 2 aromatic heterocycles. The largest absolute Gasteiger partial charge is 0.496 e. The Labute approximate surface area is 234 Å². The van der Waals surface area contributed by atoms with Crippen molar-refractivity contribution >= 4 is 30.4 Å². The third kappa shape index (κ3) is 5.79. The summed E-state index contributed by atoms with van der Waals surface area (Å²) in [5, 5.41) is 4.90. The fraction of sp³-hybridized carbons (Fsp3) is 0.0857. The Morgan fingerprint density at radius 2 is 1.75 bits per heavy atom. The number of rotatable bonds is 9. The molecule has 5 heteroatoms. The fourth-order valence-electron chi connectivity index (χ4n) is 4.69. The van der Waals surface area contributed by atoms with Gasteiger partial charge in [-0.1, -0.05) is 60.7 Å². The van der Waals surface area contributed by atoms with Gasteiger partial charge in [0.15, 0.2) is 0 Å². The van der Waals surface area contributed by atoms with Crippen molar-refractivity contribution in [2.24, 2.45) is 0 Å². The molecule has 0 radical (unpaired) electrons. The molecule has 0 saturated carbocycles. The van der Waals surface area contributed by atoms with E-state index in [0.717, 1.165) is 46.3 Å². The zero-order valence-electron chi connectivity index (χ0n) is 22.3. The number of pyridine rings is 1. The lowest BCUT2D eigenvalue weighted by molar-refractivity contribution is 0.299. The van der Waals surface area contributed by atoms with Crippen LogP contribution in [0.3, 0.4) is 0 Å². The van der Waals surface area contributed by atoms with Crippen LogP contribution < -0.4 is 9.47 Å². The highest BCUT2D eigenvalue weighted by Gasteiger charge is 2.09. The van der Waals surface area contributed by atoms with Crippen LogP contribution in [0.25, 0.3) is 36.1 Å². The number of ether oxygens (including phenoxy) is 2. The van der Waals surface area contributed by atoms with Crippen LogP contribution >= 0.6 is 0 Å². The topological polar surface area (TPSA) is 49.2 Å². The first-order valence-electron chi connectivity index (χ1n) is 13.3. The fourth-order valence-corrected chi connectivity index (χ4v) is 4.69. The summed E-state index contributed by atoms with van der Waals surface area (Å²) in [6, 6.07) is 30.4. The predicted molar refractivity (Wildman–Crippen MR) is 162 cm³/mol. The third-order valence-corrected chi connectivity index (χ3v) is 6.76. The molecule has 1 aliphatic carbocycles. The second-order valence-corrected chi connectivity index (χ2v) is 9.49. The predicted octanol–water partition coefficient (Wildman–Crippen LogP) is 7.77. The molecule has 0 atom stereocenters. The Morgan fingerprint density at radius 1 is 0.850 bits per heavy atom. The summed E-state index contributed by atoms with van der Waals surface area (Å²) in [5.41, 5.74) is 8.49. The van der Waals surface area contributed by atoms with E-state index in [1.807, 2.05) is 65.4 Å². The van der Waals surface area contributed by atoms with Gasteiger partial charge in [0, 0.05) is 17.8 Å². The molecular weight excluding hydrogens is 494 g/mol. The molecule has 0 amide bonds. The minimum absolute atomic E-state index is 0.397. The van der Waals surface area contributed by atoms with Gasteiger partial charge in [-0.2, -0.15) is 5.10 Å². The normalized spacial score (nSPS) is 12.3. The van der Waals surface area contributed by atoms with Gasteiger partial charge in [0.1, 0.15) is 18.1 Å². The molecule has 0 aliphatic heterocycles. The van der Waals surface area contributed by atoms with Gasteiger partial charge in [0.05, 0.1) is 29.9 Å². The molecule has 2 heterocycles. The van der Waals surface area contributed by atoms with E-state index in [1.54, 1.807) is 13.3 Å². The van der Waals surface area contributed by atoms with Crippen LogP contribution in [0.5, 0.6) is 11.5 Å². The zero-order valence-corrected chi connectivity index (χ0v) is 22.3. The molecule has 3 aromatic carbocycles. The molecule has 0 bridgehead atoms. The highest BCUT2D eigenvalue weighted by atomic mass is 16.5. The summed E-state index contributed by atoms with van der Waals surface area (Å²) < 4.78 is 13.6. The number of benzene rings is 3. The molecule has 0 spiro atoms. The average Bonchev–Trinajstić information content (AvgIpc) is 3.66. The lowest BCUT2D eigenvalue weighted by Gasteiger charge is -2.10. The number of methoxy groups -OCH3 is 1. The first-order valence-corrected chi connectivity index (χ1v) is 13.3. The van der Waals surface area contributed by atoms with Crippen LogP contribution in [0.2, 0.25) is 0 Å². The number of hydrogen-bond acceptors (Lipinski definition) is 4. The lowest BCUT2D eigenvalue weighted by Crippen LogP contribution is -1.99. The molecule has 5 aromatic rings. The average molecular weight is 524 g/mol. The SMILES string of the molecule is COc1cc(OCc2ccccn2)ccc1/C=C/c1cc(/C=C/c2ccc3c(c2)CC=C3)nn1-c1ccccc1. The third-order valence-electron chi connectivity index (χ3n) is 6.76. The minimum Gasteiger partial charge on any atom is -0.496 e. The summed E-state index contributed by atoms with van der Waals surface area (Å²) in [5.74, 6) is 1.45. The Hall–Kier alpha value is -5.16. The molecular formula is C35H29N3O2. The Bertz CT molecular complexity index is 1700. The summed E-state index contributed by atoms with van der Waals surface area (Å²) in [4.78, 5) is 4.31. The first kappa shape index (κ1) is 25.1. The Balaban J connectivity index is 1.25. The van der Waals surface area contributed by atoms with Gasteiger partial charge in [-0.3, -0.25) is 4.98 Å². The van der Waals surface area contributed by atoms with Crippen molar-refractivity contribution in [3.63, 3.8) is 0 Å². The van der Waals surface area contributed by atoms with Crippen LogP contribution in [-0.2, 0) is 13.0 Å². The van der Waals surface area contributed by atoms with E-state index in [2.05, 4.69) is 71.8 Å². The smallest absolute Gasteiger partial charge is 0.130 e. The monoisotopic (exact) mass is 523 g/mol. The maximum atomic E-state index is 5.93. The molecule has 1 aliphatic rings. The van der Waals surface area contributed by atoms with Crippen molar-refractivity contribution < 1.29 is 9.47 Å². The maximum absolute atomic E-state index is 5.93. The van der Waals surface area contributed by atoms with Gasteiger partial charge in [0.25, 0.3) is 0 Å². The van der Waals surface area contributed by atoms with Crippen LogP contribution in [0.4, 0.5) is 0 Å². The Morgan fingerprint density at radius 3 is 2.60 bits per heavy atom. The number of nitrogens with zero attached hydrogens (tertiary/aromatic N) is 3. The number of aromatic nitrogens is 3. The number of para-hydroxylation sites is 1. The van der Waals surface area contributed by atoms with Crippen molar-refractivity contribution in [3.8, 4) is 17.2 Å². The van der Waals surface area contributed by atoms with Crippen molar-refractivity contribution in [1.82, 2.24) is 14.8 Å². The second kappa shape index (κ2) is 11.7. The maximum Gasteiger partial charge on any atom is 0.130 e. The van der Waals surface area contributed by atoms with Gasteiger partial charge in [-0.25, -0.2) is 4.68 Å². The molecule has 0 N–H and O–H groups in total. The standard InChI is InChI=1S/C35H29N3O2/c1-39-35-24-34(40-25-31-10-5-6-21-36-31)20-17-28(35)16-19-33-23-30(37-38(33)32-11-3-2-4-12-32)18-14-26-13-15-27-8-7-9-29(27)22-26/h2-8,10-24H,9,25H2,1H3/b18-14+,19-16+. The highest BCUT2D eigenvalue weighted by Crippen LogP contribution is 2.28. The van der Waals surface area contributed by atoms with Gasteiger partial charge in [-0.15, -0.1) is 0 Å². The van der Waals surface area contributed by atoms with Crippen molar-refractivity contribution in [2.75, 3.05) is 7.11 Å². The van der Waals surface area contributed by atoms with E-state index in [1.165, 1.54) is 16.7 Å².